The number of anilines is 1. The van der Waals surface area contributed by atoms with Crippen molar-refractivity contribution in [2.24, 2.45) is 0 Å². The summed E-state index contributed by atoms with van der Waals surface area (Å²) in [4.78, 5) is 23.0. The topological polar surface area (TPSA) is 108 Å². The number of amides is 1. The Morgan fingerprint density at radius 3 is 2.67 bits per heavy atom. The van der Waals surface area contributed by atoms with Crippen LogP contribution in [-0.2, 0) is 4.79 Å². The zero-order chi connectivity index (χ0) is 25.2. The monoisotopic (exact) mass is 548 g/mol. The van der Waals surface area contributed by atoms with Crippen molar-refractivity contribution in [2.45, 2.75) is 18.9 Å². The molecule has 1 fully saturated rings. The molecule has 2 aromatic heterocycles. The van der Waals surface area contributed by atoms with Gasteiger partial charge in [-0.15, -0.1) is 0 Å². The van der Waals surface area contributed by atoms with Gasteiger partial charge in [0.15, 0.2) is 5.65 Å². The number of carbonyl (C=O) groups excluding carboxylic acids is 1. The zero-order valence-electron chi connectivity index (χ0n) is 19.7. The highest BCUT2D eigenvalue weighted by atomic mass is 79.9. The van der Waals surface area contributed by atoms with Crippen LogP contribution in [0.2, 0.25) is 0 Å². The highest BCUT2D eigenvalue weighted by Gasteiger charge is 2.29. The second kappa shape index (κ2) is 9.98. The number of piperidine rings is 1. The highest BCUT2D eigenvalue weighted by Crippen LogP contribution is 2.35. The number of hydrogen-bond acceptors (Lipinski definition) is 7. The van der Waals surface area contributed by atoms with E-state index in [1.54, 1.807) is 12.0 Å². The van der Waals surface area contributed by atoms with Gasteiger partial charge in [-0.1, -0.05) is 12.6 Å². The molecule has 10 heteroatoms. The molecule has 4 aromatic rings. The van der Waals surface area contributed by atoms with E-state index in [1.807, 2.05) is 53.2 Å². The van der Waals surface area contributed by atoms with Gasteiger partial charge in [0.2, 0.25) is 0 Å². The maximum absolute atomic E-state index is 12.5. The van der Waals surface area contributed by atoms with Crippen molar-refractivity contribution < 1.29 is 14.3 Å². The Labute approximate surface area is 216 Å². The van der Waals surface area contributed by atoms with E-state index in [0.29, 0.717) is 51.6 Å². The van der Waals surface area contributed by atoms with Crippen LogP contribution in [0.5, 0.6) is 17.2 Å². The first-order valence-electron chi connectivity index (χ1n) is 11.5. The van der Waals surface area contributed by atoms with Gasteiger partial charge in [-0.3, -0.25) is 4.79 Å². The van der Waals surface area contributed by atoms with E-state index >= 15 is 0 Å². The normalized spacial score (nSPS) is 15.6. The van der Waals surface area contributed by atoms with E-state index < -0.39 is 0 Å². The number of aromatic nitrogens is 4. The summed E-state index contributed by atoms with van der Waals surface area (Å²) in [5.41, 5.74) is 8.48. The Morgan fingerprint density at radius 2 is 1.92 bits per heavy atom. The summed E-state index contributed by atoms with van der Waals surface area (Å²) < 4.78 is 13.5. The van der Waals surface area contributed by atoms with Gasteiger partial charge in [0.25, 0.3) is 5.91 Å². The Morgan fingerprint density at radius 1 is 1.14 bits per heavy atom. The summed E-state index contributed by atoms with van der Waals surface area (Å²) in [7, 11) is 1.62. The van der Waals surface area contributed by atoms with Crippen molar-refractivity contribution in [3.05, 3.63) is 65.9 Å². The van der Waals surface area contributed by atoms with E-state index in [4.69, 9.17) is 20.3 Å². The fraction of sp³-hybridized carbons (Fsp3) is 0.231. The van der Waals surface area contributed by atoms with Crippen LogP contribution in [0.4, 0.5) is 5.82 Å². The summed E-state index contributed by atoms with van der Waals surface area (Å²) >= 11 is 3.21. The number of nitrogens with zero attached hydrogens (tertiary/aromatic N) is 5. The van der Waals surface area contributed by atoms with Crippen LogP contribution in [-0.4, -0.2) is 50.8 Å². The maximum atomic E-state index is 12.5. The van der Waals surface area contributed by atoms with Gasteiger partial charge in [-0.05, 0) is 65.2 Å². The Hall–Kier alpha value is -3.92. The molecule has 3 heterocycles. The lowest BCUT2D eigenvalue weighted by Gasteiger charge is -2.32. The first kappa shape index (κ1) is 23.8. The molecule has 1 amide bonds. The van der Waals surface area contributed by atoms with Crippen LogP contribution in [0.1, 0.15) is 18.9 Å². The fourth-order valence-electron chi connectivity index (χ4n) is 4.44. The number of methoxy groups -OCH3 is 1. The molecule has 36 heavy (non-hydrogen) atoms. The van der Waals surface area contributed by atoms with E-state index in [-0.39, 0.29) is 11.9 Å². The Kier molecular flexibility index (Phi) is 6.60. The van der Waals surface area contributed by atoms with E-state index in [1.165, 1.54) is 6.33 Å². The third-order valence-electron chi connectivity index (χ3n) is 6.18. The molecule has 5 rings (SSSR count). The van der Waals surface area contributed by atoms with Crippen LogP contribution >= 0.6 is 15.9 Å². The van der Waals surface area contributed by atoms with Crippen molar-refractivity contribution in [1.29, 1.82) is 0 Å². The first-order valence-corrected chi connectivity index (χ1v) is 12.3. The van der Waals surface area contributed by atoms with Crippen molar-refractivity contribution in [3.63, 3.8) is 0 Å². The number of benzene rings is 2. The lowest BCUT2D eigenvalue weighted by Crippen LogP contribution is -2.41. The Bertz CT molecular complexity index is 1440. The van der Waals surface area contributed by atoms with Crippen LogP contribution in [0, 0.1) is 0 Å². The van der Waals surface area contributed by atoms with Gasteiger partial charge in [0.1, 0.15) is 35.1 Å². The molecule has 0 saturated carbocycles. The number of carbonyl (C=O) groups is 1. The molecule has 1 aliphatic heterocycles. The molecule has 2 N–H and O–H groups in total. The summed E-state index contributed by atoms with van der Waals surface area (Å²) in [5.74, 6) is 2.32. The lowest BCUT2D eigenvalue weighted by molar-refractivity contribution is -0.127. The SMILES string of the molecule is C=C(Br)C(=O)N1CCCC(n2nc(-c3ccc(Oc4cccc(OC)c4)cc3)c3c(N)ncnc32)C1. The van der Waals surface area contributed by atoms with E-state index in [0.717, 1.165) is 24.2 Å². The second-order valence-electron chi connectivity index (χ2n) is 8.51. The summed E-state index contributed by atoms with van der Waals surface area (Å²) in [6, 6.07) is 15.0. The fourth-order valence-corrected chi connectivity index (χ4v) is 4.69. The second-order valence-corrected chi connectivity index (χ2v) is 9.47. The number of nitrogens with two attached hydrogens (primary N) is 1. The van der Waals surface area contributed by atoms with E-state index in [9.17, 15) is 4.79 Å². The molecular formula is C26H25BrN6O3. The molecule has 0 aliphatic carbocycles. The molecule has 9 nitrogen and oxygen atoms in total. The molecule has 1 unspecified atom stereocenters. The number of nitrogen functional groups attached to an aromatic ring is 1. The number of fused-ring (bicyclic) bond motifs is 1. The van der Waals surface area contributed by atoms with Crippen molar-refractivity contribution in [1.82, 2.24) is 24.6 Å². The summed E-state index contributed by atoms with van der Waals surface area (Å²) in [6.07, 6.45) is 3.16. The summed E-state index contributed by atoms with van der Waals surface area (Å²) in [5, 5.41) is 5.61. The van der Waals surface area contributed by atoms with Gasteiger partial charge < -0.3 is 20.1 Å². The standard InChI is InChI=1S/C26H25BrN6O3/c1-16(27)26(34)32-12-4-5-18(14-32)33-25-22(24(28)29-15-30-25)23(31-33)17-8-10-19(11-9-17)36-21-7-3-6-20(13-21)35-2/h3,6-11,13,15,18H,1,4-5,12,14H2,2H3,(H2,28,29,30). The van der Waals surface area contributed by atoms with Crippen molar-refractivity contribution >= 4 is 38.7 Å². The number of hydrogen-bond donors (Lipinski definition) is 1. The van der Waals surface area contributed by atoms with Gasteiger partial charge in [-0.2, -0.15) is 5.10 Å². The quantitative estimate of drug-likeness (QED) is 0.339. The number of rotatable bonds is 6. The van der Waals surface area contributed by atoms with Gasteiger partial charge in [-0.25, -0.2) is 14.6 Å². The summed E-state index contributed by atoms with van der Waals surface area (Å²) in [6.45, 7) is 4.91. The van der Waals surface area contributed by atoms with Gasteiger partial charge in [0, 0.05) is 24.7 Å². The minimum absolute atomic E-state index is 0.0456. The molecule has 0 bridgehead atoms. The van der Waals surface area contributed by atoms with Gasteiger partial charge >= 0.3 is 0 Å². The minimum atomic E-state index is -0.114. The van der Waals surface area contributed by atoms with Crippen LogP contribution < -0.4 is 15.2 Å². The molecular weight excluding hydrogens is 524 g/mol. The third-order valence-corrected chi connectivity index (χ3v) is 6.52. The lowest BCUT2D eigenvalue weighted by atomic mass is 10.1. The maximum Gasteiger partial charge on any atom is 0.260 e. The zero-order valence-corrected chi connectivity index (χ0v) is 21.3. The van der Waals surface area contributed by atoms with E-state index in [2.05, 4.69) is 32.5 Å². The largest absolute Gasteiger partial charge is 0.497 e. The predicted octanol–water partition coefficient (Wildman–Crippen LogP) is 4.95. The minimum Gasteiger partial charge on any atom is -0.497 e. The van der Waals surface area contributed by atoms with Crippen LogP contribution in [0.15, 0.2) is 65.9 Å². The van der Waals surface area contributed by atoms with Crippen molar-refractivity contribution in [2.75, 3.05) is 25.9 Å². The molecule has 1 saturated heterocycles. The smallest absolute Gasteiger partial charge is 0.260 e. The Balaban J connectivity index is 1.47. The average Bonchev–Trinajstić information content (AvgIpc) is 3.30. The molecule has 184 valence electrons. The molecule has 0 spiro atoms. The van der Waals surface area contributed by atoms with Gasteiger partial charge in [0.05, 0.1) is 23.0 Å². The number of likely N-dealkylation sites (tertiary alicyclic amines) is 1. The molecule has 1 atom stereocenters. The molecule has 0 radical (unpaired) electrons. The first-order chi connectivity index (χ1) is 17.4. The third kappa shape index (κ3) is 4.64. The highest BCUT2D eigenvalue weighted by molar-refractivity contribution is 9.12. The molecule has 2 aromatic carbocycles. The molecule has 1 aliphatic rings. The number of halogens is 1. The average molecular weight is 549 g/mol. The van der Waals surface area contributed by atoms with Crippen molar-refractivity contribution in [3.8, 4) is 28.5 Å². The number of ether oxygens (including phenoxy) is 2. The predicted molar refractivity (Wildman–Crippen MR) is 141 cm³/mol. The van der Waals surface area contributed by atoms with Crippen LogP contribution in [0.3, 0.4) is 0 Å². The van der Waals surface area contributed by atoms with Crippen LogP contribution in [0.25, 0.3) is 22.3 Å².